The summed E-state index contributed by atoms with van der Waals surface area (Å²) in [5, 5.41) is 0. The Balaban J connectivity index is 1.91. The summed E-state index contributed by atoms with van der Waals surface area (Å²) in [7, 11) is 0. The zero-order valence-electron chi connectivity index (χ0n) is 14.6. The smallest absolute Gasteiger partial charge is 0.405 e. The van der Waals surface area contributed by atoms with Crippen molar-refractivity contribution in [2.75, 3.05) is 0 Å². The van der Waals surface area contributed by atoms with Gasteiger partial charge in [-0.1, -0.05) is 69.7 Å². The van der Waals surface area contributed by atoms with E-state index in [9.17, 15) is 4.79 Å². The van der Waals surface area contributed by atoms with E-state index in [2.05, 4.69) is 63.2 Å². The van der Waals surface area contributed by atoms with E-state index in [1.165, 1.54) is 22.3 Å². The molecule has 126 valence electrons. The van der Waals surface area contributed by atoms with Crippen LogP contribution in [-0.4, -0.2) is 6.09 Å². The van der Waals surface area contributed by atoms with Gasteiger partial charge in [-0.15, -0.1) is 0 Å². The highest BCUT2D eigenvalue weighted by molar-refractivity contribution is 5.68. The fourth-order valence-electron chi connectivity index (χ4n) is 3.69. The standard InChI is InChI=1S/C21H25NO2/c1-4-5-14-6-8-15(9-7-14)16-10-11-18-17(12-16)13-21(2,3)19(18)24-20(22)23/h6-12,19H,4-5,13H2,1-3H3,(H2,22,23). The molecule has 3 heteroatoms. The van der Waals surface area contributed by atoms with Gasteiger partial charge in [0.05, 0.1) is 0 Å². The van der Waals surface area contributed by atoms with E-state index < -0.39 is 6.09 Å². The van der Waals surface area contributed by atoms with Crippen LogP contribution in [0.3, 0.4) is 0 Å². The van der Waals surface area contributed by atoms with Crippen LogP contribution < -0.4 is 5.73 Å². The Morgan fingerprint density at radius 1 is 1.17 bits per heavy atom. The molecule has 0 radical (unpaired) electrons. The van der Waals surface area contributed by atoms with Gasteiger partial charge in [0, 0.05) is 5.41 Å². The average Bonchev–Trinajstić information content (AvgIpc) is 2.77. The van der Waals surface area contributed by atoms with Crippen LogP contribution in [0.25, 0.3) is 11.1 Å². The number of ether oxygens (including phenoxy) is 1. The summed E-state index contributed by atoms with van der Waals surface area (Å²) in [5.74, 6) is 0. The molecule has 3 nitrogen and oxygen atoms in total. The summed E-state index contributed by atoms with van der Waals surface area (Å²) in [4.78, 5) is 11.2. The second-order valence-corrected chi connectivity index (χ2v) is 7.34. The van der Waals surface area contributed by atoms with E-state index in [0.717, 1.165) is 24.8 Å². The van der Waals surface area contributed by atoms with Crippen molar-refractivity contribution in [3.63, 3.8) is 0 Å². The second kappa shape index (κ2) is 6.31. The molecule has 0 fully saturated rings. The number of hydrogen-bond acceptors (Lipinski definition) is 2. The molecular formula is C21H25NO2. The molecule has 1 atom stereocenters. The molecular weight excluding hydrogens is 298 g/mol. The molecule has 24 heavy (non-hydrogen) atoms. The van der Waals surface area contributed by atoms with Gasteiger partial charge >= 0.3 is 6.09 Å². The number of benzene rings is 2. The van der Waals surface area contributed by atoms with Crippen molar-refractivity contribution < 1.29 is 9.53 Å². The number of fused-ring (bicyclic) bond motifs is 1. The van der Waals surface area contributed by atoms with Crippen LogP contribution in [0.5, 0.6) is 0 Å². The lowest BCUT2D eigenvalue weighted by molar-refractivity contribution is 0.0392. The molecule has 1 unspecified atom stereocenters. The summed E-state index contributed by atoms with van der Waals surface area (Å²) in [6.45, 7) is 6.42. The molecule has 0 heterocycles. The molecule has 2 N–H and O–H groups in total. The lowest BCUT2D eigenvalue weighted by Gasteiger charge is -2.26. The summed E-state index contributed by atoms with van der Waals surface area (Å²) < 4.78 is 5.38. The number of nitrogens with two attached hydrogens (primary N) is 1. The molecule has 1 amide bonds. The molecule has 1 aliphatic carbocycles. The third kappa shape index (κ3) is 3.16. The molecule has 3 rings (SSSR count). The van der Waals surface area contributed by atoms with E-state index >= 15 is 0 Å². The maximum Gasteiger partial charge on any atom is 0.405 e. The van der Waals surface area contributed by atoms with E-state index in [1.807, 2.05) is 0 Å². The van der Waals surface area contributed by atoms with Crippen molar-refractivity contribution >= 4 is 6.09 Å². The first-order valence-electron chi connectivity index (χ1n) is 8.59. The maximum absolute atomic E-state index is 11.2. The van der Waals surface area contributed by atoms with Gasteiger partial charge in [-0.3, -0.25) is 0 Å². The molecule has 0 aromatic heterocycles. The predicted octanol–water partition coefficient (Wildman–Crippen LogP) is 5.02. The van der Waals surface area contributed by atoms with Crippen LogP contribution in [-0.2, 0) is 17.6 Å². The Bertz CT molecular complexity index is 747. The van der Waals surface area contributed by atoms with Crippen molar-refractivity contribution in [3.8, 4) is 11.1 Å². The molecule has 0 saturated carbocycles. The minimum Gasteiger partial charge on any atom is -0.441 e. The Hall–Kier alpha value is -2.29. The molecule has 1 aliphatic rings. The monoisotopic (exact) mass is 323 g/mol. The number of amides is 1. The highest BCUT2D eigenvalue weighted by Gasteiger charge is 2.41. The third-order valence-corrected chi connectivity index (χ3v) is 4.84. The highest BCUT2D eigenvalue weighted by atomic mass is 16.6. The van der Waals surface area contributed by atoms with Crippen molar-refractivity contribution in [2.24, 2.45) is 11.1 Å². The molecule has 0 saturated heterocycles. The van der Waals surface area contributed by atoms with Gasteiger partial charge in [-0.25, -0.2) is 4.79 Å². The van der Waals surface area contributed by atoms with Crippen LogP contribution in [0.15, 0.2) is 42.5 Å². The maximum atomic E-state index is 11.2. The van der Waals surface area contributed by atoms with E-state index in [-0.39, 0.29) is 11.5 Å². The van der Waals surface area contributed by atoms with Crippen LogP contribution >= 0.6 is 0 Å². The fraction of sp³-hybridized carbons (Fsp3) is 0.381. The van der Waals surface area contributed by atoms with Gasteiger partial charge in [-0.2, -0.15) is 0 Å². The number of carbonyl (C=O) groups excluding carboxylic acids is 1. The van der Waals surface area contributed by atoms with Crippen molar-refractivity contribution in [1.82, 2.24) is 0 Å². The number of carbonyl (C=O) groups is 1. The Morgan fingerprint density at radius 3 is 2.46 bits per heavy atom. The van der Waals surface area contributed by atoms with Gasteiger partial charge in [0.15, 0.2) is 0 Å². The zero-order valence-corrected chi connectivity index (χ0v) is 14.6. The summed E-state index contributed by atoms with van der Waals surface area (Å²) in [6, 6.07) is 15.2. The fourth-order valence-corrected chi connectivity index (χ4v) is 3.69. The van der Waals surface area contributed by atoms with Crippen molar-refractivity contribution in [3.05, 3.63) is 59.2 Å². The zero-order chi connectivity index (χ0) is 17.3. The van der Waals surface area contributed by atoms with Crippen molar-refractivity contribution in [1.29, 1.82) is 0 Å². The van der Waals surface area contributed by atoms with Gasteiger partial charge in [0.2, 0.25) is 0 Å². The number of hydrogen-bond donors (Lipinski definition) is 1. The van der Waals surface area contributed by atoms with Gasteiger partial charge < -0.3 is 10.5 Å². The molecule has 2 aromatic rings. The lowest BCUT2D eigenvalue weighted by Crippen LogP contribution is -2.25. The van der Waals surface area contributed by atoms with Crippen molar-refractivity contribution in [2.45, 2.75) is 46.1 Å². The van der Waals surface area contributed by atoms with E-state index in [1.54, 1.807) is 0 Å². The van der Waals surface area contributed by atoms with Gasteiger partial charge in [0.1, 0.15) is 6.10 Å². The van der Waals surface area contributed by atoms with Crippen LogP contribution in [0.1, 0.15) is 50.0 Å². The van der Waals surface area contributed by atoms with E-state index in [0.29, 0.717) is 0 Å². The SMILES string of the molecule is CCCc1ccc(-c2ccc3c(c2)CC(C)(C)C3OC(N)=O)cc1. The normalized spacial score (nSPS) is 18.2. The van der Waals surface area contributed by atoms with Gasteiger partial charge in [0.25, 0.3) is 0 Å². The minimum atomic E-state index is -0.712. The first-order chi connectivity index (χ1) is 11.4. The highest BCUT2D eigenvalue weighted by Crippen LogP contribution is 2.48. The summed E-state index contributed by atoms with van der Waals surface area (Å²) in [5.41, 5.74) is 11.2. The Morgan fingerprint density at radius 2 is 1.83 bits per heavy atom. The largest absolute Gasteiger partial charge is 0.441 e. The quantitative estimate of drug-likeness (QED) is 0.858. The topological polar surface area (TPSA) is 52.3 Å². The summed E-state index contributed by atoms with van der Waals surface area (Å²) in [6.07, 6.45) is 2.17. The Labute approximate surface area is 143 Å². The molecule has 0 aliphatic heterocycles. The second-order valence-electron chi connectivity index (χ2n) is 7.34. The minimum absolute atomic E-state index is 0.138. The average molecular weight is 323 g/mol. The molecule has 2 aromatic carbocycles. The van der Waals surface area contributed by atoms with Crippen LogP contribution in [0, 0.1) is 5.41 Å². The molecule has 0 spiro atoms. The number of rotatable bonds is 4. The van der Waals surface area contributed by atoms with Crippen LogP contribution in [0.4, 0.5) is 4.79 Å². The molecule has 0 bridgehead atoms. The summed E-state index contributed by atoms with van der Waals surface area (Å²) >= 11 is 0. The Kier molecular flexibility index (Phi) is 4.35. The van der Waals surface area contributed by atoms with Gasteiger partial charge in [-0.05, 0) is 40.7 Å². The number of primary amides is 1. The predicted molar refractivity (Wildman–Crippen MR) is 96.8 cm³/mol. The lowest BCUT2D eigenvalue weighted by atomic mass is 9.87. The third-order valence-electron chi connectivity index (χ3n) is 4.84. The first-order valence-corrected chi connectivity index (χ1v) is 8.59. The number of aryl methyl sites for hydroxylation is 1. The van der Waals surface area contributed by atoms with Crippen LogP contribution in [0.2, 0.25) is 0 Å². The first kappa shape index (κ1) is 16.6. The van der Waals surface area contributed by atoms with E-state index in [4.69, 9.17) is 10.5 Å².